The molecule has 0 aliphatic rings. The normalized spacial score (nSPS) is 10.7. The number of rotatable bonds is 8. The third-order valence-electron chi connectivity index (χ3n) is 2.62. The Morgan fingerprint density at radius 3 is 2.65 bits per heavy atom. The van der Waals surface area contributed by atoms with Crippen molar-refractivity contribution in [3.63, 3.8) is 0 Å². The Morgan fingerprint density at radius 2 is 2.09 bits per heavy atom. The van der Waals surface area contributed by atoms with Crippen molar-refractivity contribution in [1.82, 2.24) is 10.6 Å². The summed E-state index contributed by atoms with van der Waals surface area (Å²) in [4.78, 5) is 4.05. The molecule has 0 spiro atoms. The van der Waals surface area contributed by atoms with Crippen molar-refractivity contribution in [2.24, 2.45) is 4.99 Å². The second-order valence-corrected chi connectivity index (χ2v) is 4.19. The Hall–Kier alpha value is -1.58. The molecule has 0 saturated heterocycles. The second kappa shape index (κ2) is 11.9. The van der Waals surface area contributed by atoms with Crippen LogP contribution >= 0.6 is 24.0 Å². The van der Waals surface area contributed by atoms with Gasteiger partial charge in [-0.25, -0.2) is 0 Å². The largest absolute Gasteiger partial charge is 0.490 e. The molecule has 0 aromatic heterocycles. The molecule has 0 heterocycles. The van der Waals surface area contributed by atoms with E-state index >= 15 is 0 Å². The Bertz CT molecular complexity index is 513. The van der Waals surface area contributed by atoms with Gasteiger partial charge in [-0.1, -0.05) is 12.1 Å². The van der Waals surface area contributed by atoms with Gasteiger partial charge in [-0.05, 0) is 24.6 Å². The van der Waals surface area contributed by atoms with Crippen LogP contribution in [0.3, 0.4) is 0 Å². The van der Waals surface area contributed by atoms with Gasteiger partial charge in [0.2, 0.25) is 0 Å². The molecule has 2 N–H and O–H groups in total. The van der Waals surface area contributed by atoms with Crippen LogP contribution in [-0.4, -0.2) is 32.8 Å². The smallest absolute Gasteiger partial charge is 0.387 e. The monoisotopic (exact) mass is 441 g/mol. The number of nitrogens with one attached hydrogen (secondary N) is 2. The van der Waals surface area contributed by atoms with E-state index in [4.69, 9.17) is 4.74 Å². The molecular formula is C15H22F2IN3O2. The highest BCUT2D eigenvalue weighted by Gasteiger charge is 2.11. The maximum Gasteiger partial charge on any atom is 0.387 e. The average molecular weight is 441 g/mol. The summed E-state index contributed by atoms with van der Waals surface area (Å²) >= 11 is 0. The van der Waals surface area contributed by atoms with E-state index in [0.29, 0.717) is 25.7 Å². The molecule has 1 rings (SSSR count). The first-order chi connectivity index (χ1) is 10.6. The molecule has 130 valence electrons. The highest BCUT2D eigenvalue weighted by atomic mass is 127. The lowest BCUT2D eigenvalue weighted by molar-refractivity contribution is -0.0514. The van der Waals surface area contributed by atoms with E-state index in [9.17, 15) is 8.78 Å². The number of nitrogens with zero attached hydrogens (tertiary/aromatic N) is 1. The van der Waals surface area contributed by atoms with Gasteiger partial charge in [-0.15, -0.1) is 30.6 Å². The van der Waals surface area contributed by atoms with Gasteiger partial charge in [-0.2, -0.15) is 8.78 Å². The summed E-state index contributed by atoms with van der Waals surface area (Å²) in [6.45, 7) is 3.92. The predicted octanol–water partition coefficient (Wildman–Crippen LogP) is 3.16. The summed E-state index contributed by atoms with van der Waals surface area (Å²) in [6, 6.07) is 4.82. The van der Waals surface area contributed by atoms with Crippen molar-refractivity contribution >= 4 is 29.9 Å². The molecule has 23 heavy (non-hydrogen) atoms. The fourth-order valence-corrected chi connectivity index (χ4v) is 1.70. The lowest BCUT2D eigenvalue weighted by Gasteiger charge is -2.14. The van der Waals surface area contributed by atoms with Crippen molar-refractivity contribution < 1.29 is 18.3 Å². The quantitative estimate of drug-likeness (QED) is 0.282. The van der Waals surface area contributed by atoms with Crippen LogP contribution < -0.4 is 20.1 Å². The van der Waals surface area contributed by atoms with Crippen molar-refractivity contribution in [2.45, 2.75) is 20.1 Å². The standard InChI is InChI=1S/C15H21F2N3O2.HI/c1-4-8-19-15(18-3)20-10-11-6-7-12(22-14(16)17)13(9-11)21-5-2;/h4,6-7,9,14H,1,5,8,10H2,2-3H3,(H2,18,19,20);1H. The number of halogens is 3. The molecule has 1 aromatic carbocycles. The Balaban J connectivity index is 0.00000484. The maximum atomic E-state index is 12.3. The van der Waals surface area contributed by atoms with Crippen LogP contribution in [0.4, 0.5) is 8.78 Å². The zero-order chi connectivity index (χ0) is 16.4. The Labute approximate surface area is 152 Å². The van der Waals surface area contributed by atoms with Crippen molar-refractivity contribution in [2.75, 3.05) is 20.2 Å². The molecule has 0 saturated carbocycles. The first-order valence-electron chi connectivity index (χ1n) is 6.86. The minimum atomic E-state index is -2.88. The van der Waals surface area contributed by atoms with E-state index in [2.05, 4.69) is 26.9 Å². The zero-order valence-corrected chi connectivity index (χ0v) is 15.5. The third kappa shape index (κ3) is 8.00. The van der Waals surface area contributed by atoms with E-state index in [1.807, 2.05) is 0 Å². The number of ether oxygens (including phenoxy) is 2. The second-order valence-electron chi connectivity index (χ2n) is 4.19. The van der Waals surface area contributed by atoms with E-state index < -0.39 is 6.61 Å². The zero-order valence-electron chi connectivity index (χ0n) is 13.1. The minimum Gasteiger partial charge on any atom is -0.490 e. The summed E-state index contributed by atoms with van der Waals surface area (Å²) in [5, 5.41) is 6.13. The van der Waals surface area contributed by atoms with Gasteiger partial charge in [0.15, 0.2) is 17.5 Å². The molecule has 5 nitrogen and oxygen atoms in total. The fraction of sp³-hybridized carbons (Fsp3) is 0.400. The van der Waals surface area contributed by atoms with Gasteiger partial charge in [0, 0.05) is 20.1 Å². The summed E-state index contributed by atoms with van der Waals surface area (Å²) in [5.74, 6) is 0.927. The van der Waals surface area contributed by atoms with Gasteiger partial charge in [-0.3, -0.25) is 4.99 Å². The number of benzene rings is 1. The number of aliphatic imine (C=N–C) groups is 1. The minimum absolute atomic E-state index is 0. The fourth-order valence-electron chi connectivity index (χ4n) is 1.70. The van der Waals surface area contributed by atoms with Crippen LogP contribution in [-0.2, 0) is 6.54 Å². The molecule has 0 unspecified atom stereocenters. The van der Waals surface area contributed by atoms with Crippen LogP contribution in [0, 0.1) is 0 Å². The topological polar surface area (TPSA) is 54.9 Å². The molecule has 1 aromatic rings. The lowest BCUT2D eigenvalue weighted by atomic mass is 10.2. The van der Waals surface area contributed by atoms with Crippen LogP contribution in [0.5, 0.6) is 11.5 Å². The summed E-state index contributed by atoms with van der Waals surface area (Å²) in [6.07, 6.45) is 1.72. The molecule has 0 aliphatic heterocycles. The van der Waals surface area contributed by atoms with E-state index in [1.165, 1.54) is 6.07 Å². The highest BCUT2D eigenvalue weighted by molar-refractivity contribution is 14.0. The van der Waals surface area contributed by atoms with Crippen molar-refractivity contribution in [3.8, 4) is 11.5 Å². The van der Waals surface area contributed by atoms with E-state index in [0.717, 1.165) is 5.56 Å². The molecule has 0 amide bonds. The van der Waals surface area contributed by atoms with E-state index in [-0.39, 0.29) is 35.5 Å². The van der Waals surface area contributed by atoms with Crippen LogP contribution in [0.15, 0.2) is 35.8 Å². The average Bonchev–Trinajstić information content (AvgIpc) is 2.49. The van der Waals surface area contributed by atoms with Crippen LogP contribution in [0.1, 0.15) is 12.5 Å². The summed E-state index contributed by atoms with van der Waals surface area (Å²) in [7, 11) is 1.66. The maximum absolute atomic E-state index is 12.3. The molecule has 0 aliphatic carbocycles. The molecule has 0 atom stereocenters. The molecule has 0 fully saturated rings. The molecular weight excluding hydrogens is 419 g/mol. The van der Waals surface area contributed by atoms with E-state index in [1.54, 1.807) is 32.2 Å². The summed E-state index contributed by atoms with van der Waals surface area (Å²) in [5.41, 5.74) is 0.853. The molecule has 0 radical (unpaired) electrons. The molecule has 8 heteroatoms. The lowest BCUT2D eigenvalue weighted by Crippen LogP contribution is -2.36. The summed E-state index contributed by atoms with van der Waals surface area (Å²) < 4.78 is 34.4. The first-order valence-corrected chi connectivity index (χ1v) is 6.86. The van der Waals surface area contributed by atoms with Crippen LogP contribution in [0.2, 0.25) is 0 Å². The van der Waals surface area contributed by atoms with Gasteiger partial charge in [0.05, 0.1) is 6.61 Å². The van der Waals surface area contributed by atoms with Crippen molar-refractivity contribution in [1.29, 1.82) is 0 Å². The number of guanidine groups is 1. The van der Waals surface area contributed by atoms with Gasteiger partial charge < -0.3 is 20.1 Å². The third-order valence-corrected chi connectivity index (χ3v) is 2.62. The first kappa shape index (κ1) is 21.4. The van der Waals surface area contributed by atoms with Gasteiger partial charge >= 0.3 is 6.61 Å². The Morgan fingerprint density at radius 1 is 1.35 bits per heavy atom. The van der Waals surface area contributed by atoms with Gasteiger partial charge in [0.25, 0.3) is 0 Å². The highest BCUT2D eigenvalue weighted by Crippen LogP contribution is 2.29. The number of hydrogen-bond donors (Lipinski definition) is 2. The number of alkyl halides is 2. The SMILES string of the molecule is C=CCNC(=NC)NCc1ccc(OC(F)F)c(OCC)c1.I. The predicted molar refractivity (Wildman–Crippen MR) is 98.1 cm³/mol. The van der Waals surface area contributed by atoms with Crippen LogP contribution in [0.25, 0.3) is 0 Å². The van der Waals surface area contributed by atoms with Gasteiger partial charge in [0.1, 0.15) is 0 Å². The Kier molecular flexibility index (Phi) is 11.1. The molecule has 0 bridgehead atoms. The number of hydrogen-bond acceptors (Lipinski definition) is 3. The van der Waals surface area contributed by atoms with Crippen molar-refractivity contribution in [3.05, 3.63) is 36.4 Å².